The van der Waals surface area contributed by atoms with Crippen molar-refractivity contribution in [3.63, 3.8) is 0 Å². The average Bonchev–Trinajstić information content (AvgIpc) is 3.63. The Labute approximate surface area is 291 Å². The van der Waals surface area contributed by atoms with Crippen LogP contribution in [-0.2, 0) is 5.41 Å². The molecule has 0 spiro atoms. The lowest BCUT2D eigenvalue weighted by Gasteiger charge is -2.23. The molecule has 0 bridgehead atoms. The summed E-state index contributed by atoms with van der Waals surface area (Å²) in [6, 6.07) is 61.8. The Hall–Kier alpha value is -6.25. The molecule has 0 unspecified atom stereocenters. The van der Waals surface area contributed by atoms with Gasteiger partial charge in [-0.1, -0.05) is 135 Å². The molecular formula is C48H34N2. The van der Waals surface area contributed by atoms with E-state index in [1.165, 1.54) is 72.0 Å². The lowest BCUT2D eigenvalue weighted by Crippen LogP contribution is -2.15. The summed E-state index contributed by atoms with van der Waals surface area (Å²) in [5.41, 5.74) is 17.0. The number of hydrogen-bond donors (Lipinski definition) is 0. The molecule has 0 amide bonds. The van der Waals surface area contributed by atoms with E-state index < -0.39 is 0 Å². The van der Waals surface area contributed by atoms with Crippen LogP contribution in [-0.4, -0.2) is 9.55 Å². The molecule has 2 nitrogen and oxygen atoms in total. The molecule has 0 fully saturated rings. The summed E-state index contributed by atoms with van der Waals surface area (Å²) in [6.45, 7) is 4.74. The quantitative estimate of drug-likeness (QED) is 0.188. The van der Waals surface area contributed by atoms with Gasteiger partial charge in [-0.3, -0.25) is 0 Å². The van der Waals surface area contributed by atoms with Crippen molar-refractivity contribution in [3.8, 4) is 50.3 Å². The van der Waals surface area contributed by atoms with Crippen molar-refractivity contribution in [1.82, 2.24) is 9.55 Å². The third-order valence-electron chi connectivity index (χ3n) is 10.8. The normalized spacial score (nSPS) is 13.2. The van der Waals surface area contributed by atoms with E-state index in [0.717, 1.165) is 22.2 Å². The van der Waals surface area contributed by atoms with Gasteiger partial charge in [0, 0.05) is 32.8 Å². The second-order valence-electron chi connectivity index (χ2n) is 14.0. The lowest BCUT2D eigenvalue weighted by atomic mass is 9.81. The molecular weight excluding hydrogens is 605 g/mol. The Morgan fingerprint density at radius 3 is 1.70 bits per heavy atom. The van der Waals surface area contributed by atoms with E-state index >= 15 is 0 Å². The monoisotopic (exact) mass is 638 g/mol. The molecule has 0 N–H and O–H groups in total. The summed E-state index contributed by atoms with van der Waals surface area (Å²) in [4.78, 5) is 4.91. The van der Waals surface area contributed by atoms with Gasteiger partial charge in [0.25, 0.3) is 0 Å². The molecule has 1 aliphatic rings. The van der Waals surface area contributed by atoms with Crippen LogP contribution in [0.4, 0.5) is 0 Å². The molecule has 9 aromatic rings. The topological polar surface area (TPSA) is 17.8 Å². The predicted molar refractivity (Wildman–Crippen MR) is 210 cm³/mol. The molecule has 2 heterocycles. The summed E-state index contributed by atoms with van der Waals surface area (Å²) in [7, 11) is 0. The van der Waals surface area contributed by atoms with Gasteiger partial charge in [-0.15, -0.1) is 0 Å². The highest BCUT2D eigenvalue weighted by atomic mass is 15.0. The summed E-state index contributed by atoms with van der Waals surface area (Å²) in [5, 5.41) is 3.72. The van der Waals surface area contributed by atoms with Crippen LogP contribution in [0, 0.1) is 0 Å². The second-order valence-corrected chi connectivity index (χ2v) is 14.0. The maximum Gasteiger partial charge on any atom is 0.0709 e. The number of hydrogen-bond acceptors (Lipinski definition) is 1. The Morgan fingerprint density at radius 1 is 0.440 bits per heavy atom. The van der Waals surface area contributed by atoms with E-state index in [2.05, 4.69) is 182 Å². The highest BCUT2D eigenvalue weighted by Gasteiger charge is 2.36. The lowest BCUT2D eigenvalue weighted by molar-refractivity contribution is 0.661. The fourth-order valence-corrected chi connectivity index (χ4v) is 8.18. The molecule has 0 saturated heterocycles. The van der Waals surface area contributed by atoms with Crippen molar-refractivity contribution >= 4 is 32.7 Å². The maximum absolute atomic E-state index is 4.91. The van der Waals surface area contributed by atoms with Crippen LogP contribution in [0.2, 0.25) is 0 Å². The molecule has 1 aliphatic carbocycles. The first kappa shape index (κ1) is 28.7. The number of para-hydroxylation sites is 3. The zero-order valence-electron chi connectivity index (χ0n) is 28.1. The van der Waals surface area contributed by atoms with Crippen molar-refractivity contribution in [2.24, 2.45) is 0 Å². The van der Waals surface area contributed by atoms with Crippen molar-refractivity contribution < 1.29 is 0 Å². The van der Waals surface area contributed by atoms with Crippen LogP contribution in [0.25, 0.3) is 83.0 Å². The van der Waals surface area contributed by atoms with E-state index in [1.54, 1.807) is 0 Å². The fourth-order valence-electron chi connectivity index (χ4n) is 8.18. The SMILES string of the molecule is CC1(C)c2cc(-c3ccc(-c4ccc5ccccc5n4)cc3)ccc2-c2ccc(-c3cccc(-n4c5ccccc5c5ccccc54)c3)cc21. The van der Waals surface area contributed by atoms with Crippen molar-refractivity contribution in [2.45, 2.75) is 19.3 Å². The Morgan fingerprint density at radius 2 is 1.00 bits per heavy atom. The van der Waals surface area contributed by atoms with Crippen molar-refractivity contribution in [1.29, 1.82) is 0 Å². The van der Waals surface area contributed by atoms with Crippen LogP contribution < -0.4 is 0 Å². The fraction of sp³-hybridized carbons (Fsp3) is 0.0625. The van der Waals surface area contributed by atoms with Gasteiger partial charge in [-0.05, 0) is 93.0 Å². The largest absolute Gasteiger partial charge is 0.309 e. The smallest absolute Gasteiger partial charge is 0.0709 e. The minimum Gasteiger partial charge on any atom is -0.309 e. The minimum absolute atomic E-state index is 0.129. The number of nitrogens with zero attached hydrogens (tertiary/aromatic N) is 2. The van der Waals surface area contributed by atoms with E-state index in [-0.39, 0.29) is 5.41 Å². The van der Waals surface area contributed by atoms with Crippen LogP contribution >= 0.6 is 0 Å². The molecule has 0 atom stereocenters. The Bertz CT molecular complexity index is 2730. The number of aromatic nitrogens is 2. The van der Waals surface area contributed by atoms with Gasteiger partial charge in [0.05, 0.1) is 22.2 Å². The van der Waals surface area contributed by atoms with E-state index in [0.29, 0.717) is 0 Å². The zero-order valence-corrected chi connectivity index (χ0v) is 28.1. The van der Waals surface area contributed by atoms with E-state index in [9.17, 15) is 0 Å². The van der Waals surface area contributed by atoms with Gasteiger partial charge in [-0.25, -0.2) is 4.98 Å². The van der Waals surface area contributed by atoms with Crippen molar-refractivity contribution in [3.05, 3.63) is 181 Å². The van der Waals surface area contributed by atoms with Crippen LogP contribution in [0.3, 0.4) is 0 Å². The predicted octanol–water partition coefficient (Wildman–Crippen LogP) is 12.6. The van der Waals surface area contributed by atoms with Gasteiger partial charge in [0.2, 0.25) is 0 Å². The van der Waals surface area contributed by atoms with Gasteiger partial charge in [-0.2, -0.15) is 0 Å². The molecule has 236 valence electrons. The molecule has 7 aromatic carbocycles. The molecule has 0 aliphatic heterocycles. The molecule has 0 radical (unpaired) electrons. The van der Waals surface area contributed by atoms with Gasteiger partial charge >= 0.3 is 0 Å². The Balaban J connectivity index is 0.990. The third-order valence-corrected chi connectivity index (χ3v) is 10.8. The van der Waals surface area contributed by atoms with Gasteiger partial charge in [0.1, 0.15) is 0 Å². The first-order valence-electron chi connectivity index (χ1n) is 17.4. The summed E-state index contributed by atoms with van der Waals surface area (Å²) >= 11 is 0. The molecule has 2 heteroatoms. The van der Waals surface area contributed by atoms with Crippen molar-refractivity contribution in [2.75, 3.05) is 0 Å². The highest BCUT2D eigenvalue weighted by Crippen LogP contribution is 2.50. The summed E-state index contributed by atoms with van der Waals surface area (Å²) in [5.74, 6) is 0. The number of benzene rings is 7. The third kappa shape index (κ3) is 4.38. The van der Waals surface area contributed by atoms with Gasteiger partial charge < -0.3 is 4.57 Å². The number of pyridine rings is 1. The first-order chi connectivity index (χ1) is 24.5. The van der Waals surface area contributed by atoms with Crippen LogP contribution in [0.1, 0.15) is 25.0 Å². The zero-order chi connectivity index (χ0) is 33.4. The number of fused-ring (bicyclic) bond motifs is 7. The first-order valence-corrected chi connectivity index (χ1v) is 17.4. The van der Waals surface area contributed by atoms with Crippen LogP contribution in [0.5, 0.6) is 0 Å². The van der Waals surface area contributed by atoms with E-state index in [1.807, 2.05) is 6.07 Å². The summed E-state index contributed by atoms with van der Waals surface area (Å²) < 4.78 is 2.40. The maximum atomic E-state index is 4.91. The minimum atomic E-state index is -0.129. The molecule has 50 heavy (non-hydrogen) atoms. The standard InChI is InChI=1S/C48H34N2/c1-48(2)42-29-35(31-18-20-33(21-19-31)45-27-24-32-10-3-6-15-44(32)49-45)22-25-38(42)39-26-23-36(30-43(39)48)34-11-9-12-37(28-34)50-46-16-7-4-13-40(46)41-14-5-8-17-47(41)50/h3-30H,1-2H3. The molecule has 2 aromatic heterocycles. The molecule has 10 rings (SSSR count). The van der Waals surface area contributed by atoms with E-state index in [4.69, 9.17) is 4.98 Å². The average molecular weight is 639 g/mol. The van der Waals surface area contributed by atoms with Crippen LogP contribution in [0.15, 0.2) is 170 Å². The molecule has 0 saturated carbocycles. The Kier molecular flexibility index (Phi) is 6.25. The second kappa shape index (κ2) is 10.9. The van der Waals surface area contributed by atoms with Gasteiger partial charge in [0.15, 0.2) is 0 Å². The summed E-state index contributed by atoms with van der Waals surface area (Å²) in [6.07, 6.45) is 0. The number of rotatable bonds is 4. The highest BCUT2D eigenvalue weighted by molar-refractivity contribution is 6.09.